The Morgan fingerprint density at radius 3 is 3.23 bits per heavy atom. The van der Waals surface area contributed by atoms with Crippen LogP contribution >= 0.6 is 11.5 Å². The molecule has 0 aliphatic carbocycles. The maximum atomic E-state index is 8.67. The lowest BCUT2D eigenvalue weighted by Crippen LogP contribution is -2.01. The highest BCUT2D eigenvalue weighted by atomic mass is 32.1. The molecule has 0 spiro atoms. The van der Waals surface area contributed by atoms with E-state index in [0.717, 1.165) is 5.69 Å². The highest BCUT2D eigenvalue weighted by Gasteiger charge is 2.03. The Morgan fingerprint density at radius 2 is 2.54 bits per heavy atom. The van der Waals surface area contributed by atoms with Crippen LogP contribution in [0.3, 0.4) is 0 Å². The fraction of sp³-hybridized carbons (Fsp3) is 0.143. The molecule has 2 aromatic heterocycles. The Bertz CT molecular complexity index is 424. The number of imidazole rings is 1. The van der Waals surface area contributed by atoms with Gasteiger partial charge in [-0.3, -0.25) is 0 Å². The molecular formula is C7H5N5S. The van der Waals surface area contributed by atoms with Gasteiger partial charge in [-0.1, -0.05) is 4.49 Å². The molecule has 0 unspecified atom stereocenters. The molecule has 0 bridgehead atoms. The summed E-state index contributed by atoms with van der Waals surface area (Å²) in [5, 5.41) is 14.4. The summed E-state index contributed by atoms with van der Waals surface area (Å²) in [4.78, 5) is 3.87. The van der Waals surface area contributed by atoms with E-state index in [4.69, 9.17) is 5.26 Å². The zero-order valence-electron chi connectivity index (χ0n) is 6.58. The van der Waals surface area contributed by atoms with Gasteiger partial charge in [0.15, 0.2) is 0 Å². The standard InChI is InChI=1S/C7H5N5S/c8-3-7-9-1-2-12(7)4-6-5-13-11-10-6/h1-2,5H,4H2. The van der Waals surface area contributed by atoms with E-state index in [2.05, 4.69) is 14.6 Å². The van der Waals surface area contributed by atoms with Gasteiger partial charge >= 0.3 is 0 Å². The molecule has 2 heterocycles. The summed E-state index contributed by atoms with van der Waals surface area (Å²) in [5.41, 5.74) is 0.847. The normalized spacial score (nSPS) is 9.77. The first-order chi connectivity index (χ1) is 6.40. The molecule has 13 heavy (non-hydrogen) atoms. The molecule has 0 radical (unpaired) electrons. The first kappa shape index (κ1) is 7.89. The van der Waals surface area contributed by atoms with Crippen LogP contribution in [0.4, 0.5) is 0 Å². The summed E-state index contributed by atoms with van der Waals surface area (Å²) in [6.07, 6.45) is 3.34. The van der Waals surface area contributed by atoms with Gasteiger partial charge in [0.2, 0.25) is 5.82 Å². The summed E-state index contributed by atoms with van der Waals surface area (Å²) in [5.74, 6) is 0.396. The van der Waals surface area contributed by atoms with E-state index < -0.39 is 0 Å². The minimum atomic E-state index is 0.396. The van der Waals surface area contributed by atoms with E-state index in [0.29, 0.717) is 12.4 Å². The van der Waals surface area contributed by atoms with Crippen molar-refractivity contribution < 1.29 is 0 Å². The molecule has 5 nitrogen and oxygen atoms in total. The van der Waals surface area contributed by atoms with Crippen LogP contribution in [0.2, 0.25) is 0 Å². The summed E-state index contributed by atoms with van der Waals surface area (Å²) < 4.78 is 5.47. The smallest absolute Gasteiger partial charge is 0.213 e. The summed E-state index contributed by atoms with van der Waals surface area (Å²) in [6.45, 7) is 0.555. The average Bonchev–Trinajstić information content (AvgIpc) is 2.76. The molecule has 64 valence electrons. The van der Waals surface area contributed by atoms with Crippen LogP contribution in [0.1, 0.15) is 11.5 Å². The first-order valence-electron chi connectivity index (χ1n) is 3.57. The molecule has 0 saturated heterocycles. The third-order valence-corrected chi connectivity index (χ3v) is 2.11. The number of nitriles is 1. The lowest BCUT2D eigenvalue weighted by Gasteiger charge is -1.97. The number of hydrogen-bond acceptors (Lipinski definition) is 5. The van der Waals surface area contributed by atoms with Gasteiger partial charge in [-0.05, 0) is 11.5 Å². The zero-order chi connectivity index (χ0) is 9.10. The topological polar surface area (TPSA) is 67.4 Å². The summed E-state index contributed by atoms with van der Waals surface area (Å²) in [6, 6.07) is 2.00. The molecule has 0 amide bonds. The van der Waals surface area contributed by atoms with Crippen molar-refractivity contribution in [1.29, 1.82) is 5.26 Å². The van der Waals surface area contributed by atoms with Crippen molar-refractivity contribution in [1.82, 2.24) is 19.1 Å². The SMILES string of the molecule is N#Cc1nccn1Cc1csnn1. The van der Waals surface area contributed by atoms with Crippen LogP contribution in [-0.4, -0.2) is 19.1 Å². The third-order valence-electron chi connectivity index (χ3n) is 1.55. The van der Waals surface area contributed by atoms with Crippen molar-refractivity contribution in [2.45, 2.75) is 6.54 Å². The highest BCUT2D eigenvalue weighted by molar-refractivity contribution is 7.03. The maximum Gasteiger partial charge on any atom is 0.213 e. The Balaban J connectivity index is 2.24. The molecular weight excluding hydrogens is 186 g/mol. The number of aromatic nitrogens is 4. The van der Waals surface area contributed by atoms with Gasteiger partial charge in [0, 0.05) is 17.8 Å². The van der Waals surface area contributed by atoms with E-state index >= 15 is 0 Å². The van der Waals surface area contributed by atoms with E-state index in [1.807, 2.05) is 11.4 Å². The predicted octanol–water partition coefficient (Wildman–Crippen LogP) is 0.655. The average molecular weight is 191 g/mol. The summed E-state index contributed by atoms with van der Waals surface area (Å²) in [7, 11) is 0. The van der Waals surface area contributed by atoms with E-state index in [1.165, 1.54) is 11.5 Å². The molecule has 2 aromatic rings. The second-order valence-electron chi connectivity index (χ2n) is 2.39. The highest BCUT2D eigenvalue weighted by Crippen LogP contribution is 2.03. The molecule has 0 aromatic carbocycles. The van der Waals surface area contributed by atoms with Crippen molar-refractivity contribution in [3.8, 4) is 6.07 Å². The molecule has 0 aliphatic heterocycles. The molecule has 2 rings (SSSR count). The number of nitrogens with zero attached hydrogens (tertiary/aromatic N) is 5. The summed E-state index contributed by atoms with van der Waals surface area (Å²) >= 11 is 1.30. The van der Waals surface area contributed by atoms with E-state index in [9.17, 15) is 0 Å². The second kappa shape index (κ2) is 3.33. The van der Waals surface area contributed by atoms with Gasteiger partial charge in [0.1, 0.15) is 6.07 Å². The van der Waals surface area contributed by atoms with Crippen LogP contribution < -0.4 is 0 Å². The largest absolute Gasteiger partial charge is 0.317 e. The monoisotopic (exact) mass is 191 g/mol. The lowest BCUT2D eigenvalue weighted by atomic mass is 10.5. The molecule has 0 N–H and O–H groups in total. The number of rotatable bonds is 2. The molecule has 0 fully saturated rings. The van der Waals surface area contributed by atoms with Crippen molar-refractivity contribution in [2.75, 3.05) is 0 Å². The fourth-order valence-electron chi connectivity index (χ4n) is 0.977. The minimum Gasteiger partial charge on any atom is -0.317 e. The van der Waals surface area contributed by atoms with Crippen LogP contribution in [0.5, 0.6) is 0 Å². The fourth-order valence-corrected chi connectivity index (χ4v) is 1.42. The zero-order valence-corrected chi connectivity index (χ0v) is 7.40. The van der Waals surface area contributed by atoms with E-state index in [1.54, 1.807) is 17.0 Å². The third kappa shape index (κ3) is 1.55. The first-order valence-corrected chi connectivity index (χ1v) is 4.41. The van der Waals surface area contributed by atoms with Crippen LogP contribution in [0.15, 0.2) is 17.8 Å². The maximum absolute atomic E-state index is 8.67. The Morgan fingerprint density at radius 1 is 1.62 bits per heavy atom. The minimum absolute atomic E-state index is 0.396. The Labute approximate surface area is 78.4 Å². The molecule has 0 atom stereocenters. The van der Waals surface area contributed by atoms with Gasteiger partial charge in [-0.2, -0.15) is 5.26 Å². The molecule has 6 heteroatoms. The van der Waals surface area contributed by atoms with Crippen molar-refractivity contribution in [3.05, 3.63) is 29.3 Å². The quantitative estimate of drug-likeness (QED) is 0.699. The second-order valence-corrected chi connectivity index (χ2v) is 3.00. The van der Waals surface area contributed by atoms with Gasteiger partial charge in [0.25, 0.3) is 0 Å². The van der Waals surface area contributed by atoms with Gasteiger partial charge < -0.3 is 4.57 Å². The van der Waals surface area contributed by atoms with Crippen molar-refractivity contribution in [2.24, 2.45) is 0 Å². The number of hydrogen-bond donors (Lipinski definition) is 0. The lowest BCUT2D eigenvalue weighted by molar-refractivity contribution is 0.755. The van der Waals surface area contributed by atoms with Gasteiger partial charge in [0.05, 0.1) is 12.2 Å². The van der Waals surface area contributed by atoms with Gasteiger partial charge in [-0.15, -0.1) is 5.10 Å². The van der Waals surface area contributed by atoms with E-state index in [-0.39, 0.29) is 0 Å². The van der Waals surface area contributed by atoms with Gasteiger partial charge in [-0.25, -0.2) is 4.98 Å². The van der Waals surface area contributed by atoms with Crippen LogP contribution in [0, 0.1) is 11.3 Å². The Kier molecular flexibility index (Phi) is 2.02. The Hall–Kier alpha value is -1.74. The molecule has 0 aliphatic rings. The van der Waals surface area contributed by atoms with Crippen molar-refractivity contribution in [3.63, 3.8) is 0 Å². The van der Waals surface area contributed by atoms with Crippen LogP contribution in [-0.2, 0) is 6.54 Å². The van der Waals surface area contributed by atoms with Crippen molar-refractivity contribution >= 4 is 11.5 Å². The molecule has 0 saturated carbocycles. The van der Waals surface area contributed by atoms with Crippen LogP contribution in [0.25, 0.3) is 0 Å². The predicted molar refractivity (Wildman–Crippen MR) is 46.0 cm³/mol.